The Kier molecular flexibility index (Phi) is 12.0. The van der Waals surface area contributed by atoms with Gasteiger partial charge in [0.05, 0.1) is 64.0 Å². The fourth-order valence-corrected chi connectivity index (χ4v) is 6.87. The summed E-state index contributed by atoms with van der Waals surface area (Å²) in [5.74, 6) is 7.60. The molecule has 0 saturated carbocycles. The average molecular weight is 690 g/mol. The van der Waals surface area contributed by atoms with E-state index >= 15 is 0 Å². The quantitative estimate of drug-likeness (QED) is 0.0695. The Balaban J connectivity index is 1.62. The third-order valence-corrected chi connectivity index (χ3v) is 9.43. The van der Waals surface area contributed by atoms with Crippen LogP contribution >= 0.6 is 27.8 Å². The maximum absolute atomic E-state index is 12.8. The predicted octanol–water partition coefficient (Wildman–Crippen LogP) is 1.37. The van der Waals surface area contributed by atoms with Crippen LogP contribution in [-0.4, -0.2) is 83.6 Å². The summed E-state index contributed by atoms with van der Waals surface area (Å²) in [5, 5.41) is 0.179. The number of H-pyrrole nitrogens is 1. The second kappa shape index (κ2) is 15.5. The first-order valence-corrected chi connectivity index (χ1v) is 17.0. The summed E-state index contributed by atoms with van der Waals surface area (Å²) in [6.45, 7) is -0.488. The number of methoxy groups -OCH3 is 3. The van der Waals surface area contributed by atoms with Crippen LogP contribution in [0.15, 0.2) is 23.1 Å². The Bertz CT molecular complexity index is 1680. The Morgan fingerprint density at radius 2 is 1.98 bits per heavy atom. The van der Waals surface area contributed by atoms with E-state index in [1.54, 1.807) is 22.9 Å². The number of rotatable bonds is 14. The van der Waals surface area contributed by atoms with Crippen LogP contribution in [0.3, 0.4) is 0 Å². The van der Waals surface area contributed by atoms with Gasteiger partial charge in [0, 0.05) is 29.6 Å². The van der Waals surface area contributed by atoms with E-state index in [-0.39, 0.29) is 36.1 Å². The topological polar surface area (TPSA) is 242 Å². The van der Waals surface area contributed by atoms with Crippen molar-refractivity contribution in [2.75, 3.05) is 52.8 Å². The van der Waals surface area contributed by atoms with Gasteiger partial charge in [0.15, 0.2) is 5.65 Å². The van der Waals surface area contributed by atoms with E-state index in [1.165, 1.54) is 33.1 Å². The number of aromatic nitrogens is 3. The van der Waals surface area contributed by atoms with Crippen molar-refractivity contribution in [2.45, 2.75) is 24.0 Å². The van der Waals surface area contributed by atoms with E-state index in [2.05, 4.69) is 26.1 Å². The minimum Gasteiger partial charge on any atom is -0.496 e. The highest BCUT2D eigenvalue weighted by Gasteiger charge is 2.42. The number of nitrogens with one attached hydrogen (secondary N) is 1. The van der Waals surface area contributed by atoms with E-state index in [0.717, 1.165) is 5.56 Å². The molecule has 1 aliphatic rings. The van der Waals surface area contributed by atoms with Crippen LogP contribution in [0, 0.1) is 11.8 Å². The second-order valence-electron chi connectivity index (χ2n) is 9.27. The lowest BCUT2D eigenvalue weighted by Crippen LogP contribution is -2.34. The average Bonchev–Trinajstić information content (AvgIpc) is 3.56. The number of nitrogens with two attached hydrogens (primary N) is 2. The van der Waals surface area contributed by atoms with Crippen LogP contribution in [0.2, 0.25) is 0 Å². The summed E-state index contributed by atoms with van der Waals surface area (Å²) < 4.78 is 62.3. The number of phosphoric ester groups is 1. The number of nitrogens with zero attached hydrogens (tertiary/aromatic N) is 2. The van der Waals surface area contributed by atoms with Gasteiger partial charge in [-0.2, -0.15) is 4.98 Å². The van der Waals surface area contributed by atoms with Crippen LogP contribution in [0.25, 0.3) is 11.0 Å². The largest absolute Gasteiger partial charge is 0.496 e. The normalized spacial score (nSPS) is 19.9. The van der Waals surface area contributed by atoms with Crippen LogP contribution < -0.4 is 31.2 Å². The van der Waals surface area contributed by atoms with Crippen LogP contribution in [-0.2, 0) is 33.2 Å². The fraction of sp³-hybridized carbons (Fsp3) is 0.440. The van der Waals surface area contributed by atoms with Gasteiger partial charge in [0.1, 0.15) is 29.5 Å². The van der Waals surface area contributed by atoms with Gasteiger partial charge in [0.2, 0.25) is 5.95 Å². The van der Waals surface area contributed by atoms with Crippen molar-refractivity contribution in [1.82, 2.24) is 14.5 Å². The lowest BCUT2D eigenvalue weighted by Gasteiger charge is -2.25. The highest BCUT2D eigenvalue weighted by Crippen LogP contribution is 2.51. The molecule has 1 fully saturated rings. The lowest BCUT2D eigenvalue weighted by atomic mass is 10.1. The number of aromatic amines is 1. The van der Waals surface area contributed by atoms with Crippen molar-refractivity contribution in [2.24, 2.45) is 5.73 Å². The molecular formula is C25H33N5O12P2S. The highest BCUT2D eigenvalue weighted by atomic mass is 32.2. The zero-order valence-corrected chi connectivity index (χ0v) is 27.1. The zero-order valence-electron chi connectivity index (χ0n) is 24.4. The minimum atomic E-state index is -4.88. The first-order valence-electron chi connectivity index (χ1n) is 13.1. The predicted molar refractivity (Wildman–Crippen MR) is 165 cm³/mol. The number of nitrogen functional groups attached to an aromatic ring is 1. The minimum absolute atomic E-state index is 0.00140. The van der Waals surface area contributed by atoms with Gasteiger partial charge in [-0.05, 0) is 0 Å². The molecule has 0 bridgehead atoms. The second-order valence-corrected chi connectivity index (χ2v) is 12.7. The zero-order chi connectivity index (χ0) is 32.7. The maximum atomic E-state index is 12.8. The SMILES string of the molecule is COc1cc(OC)c(CSCO[C@H]2[C@H](n3cc(C#CCN)c4c(=O)[nH]c(N)nc43)CO[C@@H]2COP(=O)(O)O[PH](=O)O)c(OC)c1. The Morgan fingerprint density at radius 1 is 1.27 bits per heavy atom. The number of ether oxygens (including phenoxy) is 5. The van der Waals surface area contributed by atoms with Crippen molar-refractivity contribution in [3.63, 3.8) is 0 Å². The molecule has 7 N–H and O–H groups in total. The summed E-state index contributed by atoms with van der Waals surface area (Å²) >= 11 is 1.37. The van der Waals surface area contributed by atoms with Gasteiger partial charge in [0.25, 0.3) is 5.56 Å². The molecule has 2 aromatic heterocycles. The Morgan fingerprint density at radius 3 is 2.60 bits per heavy atom. The molecule has 1 saturated heterocycles. The number of benzene rings is 1. The molecule has 1 aromatic carbocycles. The number of anilines is 1. The fourth-order valence-electron chi connectivity index (χ4n) is 4.71. The molecule has 17 nitrogen and oxygen atoms in total. The molecule has 45 heavy (non-hydrogen) atoms. The van der Waals surface area contributed by atoms with Gasteiger partial charge < -0.3 is 49.5 Å². The lowest BCUT2D eigenvalue weighted by molar-refractivity contribution is -0.0224. The molecular weight excluding hydrogens is 656 g/mol. The first-order chi connectivity index (χ1) is 21.5. The van der Waals surface area contributed by atoms with Crippen LogP contribution in [0.1, 0.15) is 17.2 Å². The molecule has 3 aromatic rings. The summed E-state index contributed by atoms with van der Waals surface area (Å²) in [6, 6.07) is 2.81. The van der Waals surface area contributed by atoms with Gasteiger partial charge in [-0.3, -0.25) is 18.9 Å². The first kappa shape index (κ1) is 34.8. The number of hydrogen-bond donors (Lipinski definition) is 5. The standard InChI is InChI=1S/C25H33N5O12P2S/c1-36-15-7-18(37-2)16(19(8-15)38-3)12-45-13-40-22-17(10-39-20(22)11-41-44(34,35)42-43(32)33)30-9-14(5-4-6-26)21-23(30)28-25(27)29-24(21)31/h7-9,17,20,22,43H,6,10-13,26H2,1-3H3,(H,32,33)(H,34,35)(H3,27,28,29,31)/t17-,20-,22+/m1/s1. The summed E-state index contributed by atoms with van der Waals surface area (Å²) in [7, 11) is -4.06. The molecule has 0 aliphatic carbocycles. The molecule has 0 radical (unpaired) electrons. The molecule has 20 heteroatoms. The molecule has 246 valence electrons. The third-order valence-electron chi connectivity index (χ3n) is 6.61. The van der Waals surface area contributed by atoms with Crippen molar-refractivity contribution >= 4 is 44.8 Å². The van der Waals surface area contributed by atoms with E-state index < -0.39 is 46.5 Å². The third kappa shape index (κ3) is 8.40. The van der Waals surface area contributed by atoms with Gasteiger partial charge in [-0.15, -0.1) is 11.8 Å². The van der Waals surface area contributed by atoms with Gasteiger partial charge in [-0.1, -0.05) is 11.8 Å². The van der Waals surface area contributed by atoms with E-state index in [0.29, 0.717) is 28.6 Å². The van der Waals surface area contributed by atoms with E-state index in [9.17, 15) is 18.8 Å². The molecule has 3 heterocycles. The molecule has 5 atom stereocenters. The van der Waals surface area contributed by atoms with Crippen molar-refractivity contribution < 1.29 is 51.4 Å². The summed E-state index contributed by atoms with van der Waals surface area (Å²) in [5.41, 5.74) is 12.2. The maximum Gasteiger partial charge on any atom is 0.479 e. The van der Waals surface area contributed by atoms with Crippen molar-refractivity contribution in [3.8, 4) is 29.1 Å². The monoisotopic (exact) mass is 689 g/mol. The van der Waals surface area contributed by atoms with Crippen LogP contribution in [0.5, 0.6) is 17.2 Å². The summed E-state index contributed by atoms with van der Waals surface area (Å²) in [6.07, 6.45) is -0.210. The van der Waals surface area contributed by atoms with E-state index in [4.69, 9.17) is 44.6 Å². The number of phosphoric acid groups is 1. The Labute approximate surface area is 262 Å². The highest BCUT2D eigenvalue weighted by molar-refractivity contribution is 7.98. The number of fused-ring (bicyclic) bond motifs is 1. The molecule has 4 rings (SSSR count). The Hall–Kier alpha value is -3.07. The smallest absolute Gasteiger partial charge is 0.479 e. The van der Waals surface area contributed by atoms with Crippen molar-refractivity contribution in [1.29, 1.82) is 0 Å². The number of thioether (sulfide) groups is 1. The molecule has 0 spiro atoms. The molecule has 0 amide bonds. The van der Waals surface area contributed by atoms with Gasteiger partial charge in [-0.25, -0.2) is 8.88 Å². The van der Waals surface area contributed by atoms with Crippen LogP contribution in [0.4, 0.5) is 5.95 Å². The molecule has 2 unspecified atom stereocenters. The number of hydrogen-bond acceptors (Lipinski definition) is 14. The van der Waals surface area contributed by atoms with Crippen molar-refractivity contribution in [3.05, 3.63) is 39.8 Å². The van der Waals surface area contributed by atoms with E-state index in [1.807, 2.05) is 0 Å². The van der Waals surface area contributed by atoms with Gasteiger partial charge >= 0.3 is 16.1 Å². The molecule has 1 aliphatic heterocycles. The summed E-state index contributed by atoms with van der Waals surface area (Å²) in [4.78, 5) is 38.4.